The first-order valence-electron chi connectivity index (χ1n) is 6.30. The zero-order valence-electron chi connectivity index (χ0n) is 12.0. The first-order valence-corrected chi connectivity index (χ1v) is 10.2. The molecule has 0 aliphatic rings. The molecule has 2 atom stereocenters. The summed E-state index contributed by atoms with van der Waals surface area (Å²) in [6.07, 6.45) is 2.46. The molecule has 120 valence electrons. The standard InChI is InChI=1S/C11H18ClN3O4S2/c1-4-8-10(21(12,18)19)9(15-14-8)11(16)13-6-5-7(2)20(3)17/h7H,4-6H2,1-3H3,(H,13,16)(H,14,15). The van der Waals surface area contributed by atoms with Crippen LogP contribution in [0.25, 0.3) is 0 Å². The van der Waals surface area contributed by atoms with Crippen molar-refractivity contribution in [1.82, 2.24) is 15.5 Å². The van der Waals surface area contributed by atoms with Crippen molar-refractivity contribution in [3.63, 3.8) is 0 Å². The molecule has 1 amide bonds. The van der Waals surface area contributed by atoms with Gasteiger partial charge in [-0.15, -0.1) is 0 Å². The highest BCUT2D eigenvalue weighted by molar-refractivity contribution is 8.13. The Hall–Kier alpha value is -0.930. The maximum atomic E-state index is 12.0. The van der Waals surface area contributed by atoms with Crippen LogP contribution in [-0.2, 0) is 26.3 Å². The lowest BCUT2D eigenvalue weighted by Gasteiger charge is -2.08. The summed E-state index contributed by atoms with van der Waals surface area (Å²) in [5, 5.41) is 8.72. The number of rotatable bonds is 7. The number of carbonyl (C=O) groups excluding carboxylic acids is 1. The fraction of sp³-hybridized carbons (Fsp3) is 0.636. The topological polar surface area (TPSA) is 109 Å². The largest absolute Gasteiger partial charge is 0.351 e. The van der Waals surface area contributed by atoms with Gasteiger partial charge in [0.15, 0.2) is 5.69 Å². The summed E-state index contributed by atoms with van der Waals surface area (Å²) >= 11 is 0. The molecule has 1 rings (SSSR count). The molecule has 0 saturated carbocycles. The highest BCUT2D eigenvalue weighted by atomic mass is 35.7. The van der Waals surface area contributed by atoms with E-state index in [2.05, 4.69) is 15.5 Å². The van der Waals surface area contributed by atoms with Gasteiger partial charge in [-0.2, -0.15) is 5.10 Å². The van der Waals surface area contributed by atoms with Gasteiger partial charge in [0.25, 0.3) is 15.0 Å². The molecule has 0 radical (unpaired) electrons. The number of aromatic amines is 1. The first-order chi connectivity index (χ1) is 9.68. The SMILES string of the molecule is CCc1[nH]nc(C(=O)NCCC(C)S(C)=O)c1S(=O)(=O)Cl. The van der Waals surface area contributed by atoms with Crippen LogP contribution in [0.2, 0.25) is 0 Å². The van der Waals surface area contributed by atoms with Crippen molar-refractivity contribution in [1.29, 1.82) is 0 Å². The summed E-state index contributed by atoms with van der Waals surface area (Å²) in [5.41, 5.74) is 0.0466. The van der Waals surface area contributed by atoms with Crippen LogP contribution in [0.3, 0.4) is 0 Å². The monoisotopic (exact) mass is 355 g/mol. The van der Waals surface area contributed by atoms with Crippen LogP contribution >= 0.6 is 10.7 Å². The number of aromatic nitrogens is 2. The predicted octanol–water partition coefficient (Wildman–Crippen LogP) is 0.786. The molecule has 0 saturated heterocycles. The number of halogens is 1. The van der Waals surface area contributed by atoms with Crippen molar-refractivity contribution in [3.8, 4) is 0 Å². The van der Waals surface area contributed by atoms with E-state index in [4.69, 9.17) is 10.7 Å². The van der Waals surface area contributed by atoms with Crippen LogP contribution in [0.1, 0.15) is 36.5 Å². The molecule has 2 unspecified atom stereocenters. The molecular formula is C11H18ClN3O4S2. The lowest BCUT2D eigenvalue weighted by atomic mass is 10.3. The molecule has 0 bridgehead atoms. The van der Waals surface area contributed by atoms with Gasteiger partial charge in [-0.3, -0.25) is 14.1 Å². The number of nitrogens with one attached hydrogen (secondary N) is 2. The average Bonchev–Trinajstić information content (AvgIpc) is 2.81. The van der Waals surface area contributed by atoms with E-state index in [0.717, 1.165) is 0 Å². The predicted molar refractivity (Wildman–Crippen MR) is 81.5 cm³/mol. The third-order valence-electron chi connectivity index (χ3n) is 3.01. The van der Waals surface area contributed by atoms with Gasteiger partial charge in [-0.25, -0.2) is 8.42 Å². The number of aryl methyl sites for hydroxylation is 1. The Balaban J connectivity index is 2.85. The highest BCUT2D eigenvalue weighted by Gasteiger charge is 2.27. The lowest BCUT2D eigenvalue weighted by Crippen LogP contribution is -2.28. The fourth-order valence-corrected chi connectivity index (χ4v) is 3.46. The normalized spacial score (nSPS) is 14.7. The molecule has 7 nitrogen and oxygen atoms in total. The van der Waals surface area contributed by atoms with E-state index in [1.54, 1.807) is 20.1 Å². The van der Waals surface area contributed by atoms with Crippen molar-refractivity contribution in [2.45, 2.75) is 36.8 Å². The van der Waals surface area contributed by atoms with E-state index in [1.807, 2.05) is 0 Å². The maximum Gasteiger partial charge on any atom is 0.273 e. The third kappa shape index (κ3) is 4.79. The van der Waals surface area contributed by atoms with E-state index in [9.17, 15) is 17.4 Å². The van der Waals surface area contributed by atoms with E-state index < -0.39 is 25.8 Å². The Morgan fingerprint density at radius 3 is 2.62 bits per heavy atom. The van der Waals surface area contributed by atoms with Crippen molar-refractivity contribution < 1.29 is 17.4 Å². The molecule has 1 heterocycles. The first kappa shape index (κ1) is 18.1. The summed E-state index contributed by atoms with van der Waals surface area (Å²) in [6.45, 7) is 3.80. The molecule has 0 aliphatic carbocycles. The molecule has 1 aromatic rings. The van der Waals surface area contributed by atoms with Crippen LogP contribution in [-0.4, -0.2) is 46.8 Å². The van der Waals surface area contributed by atoms with Gasteiger partial charge in [-0.05, 0) is 12.8 Å². The summed E-state index contributed by atoms with van der Waals surface area (Å²) in [4.78, 5) is 11.7. The van der Waals surface area contributed by atoms with Crippen LogP contribution in [0.5, 0.6) is 0 Å². The summed E-state index contributed by atoms with van der Waals surface area (Å²) in [5.74, 6) is -0.626. The van der Waals surface area contributed by atoms with Crippen LogP contribution in [0.4, 0.5) is 0 Å². The molecule has 0 spiro atoms. The fourth-order valence-electron chi connectivity index (χ4n) is 1.66. The van der Waals surface area contributed by atoms with Gasteiger partial charge < -0.3 is 5.32 Å². The summed E-state index contributed by atoms with van der Waals surface area (Å²) in [7, 11) is 0.312. The van der Waals surface area contributed by atoms with Gasteiger partial charge in [0.2, 0.25) is 0 Å². The minimum Gasteiger partial charge on any atom is -0.351 e. The Bertz CT molecular complexity index is 642. The third-order valence-corrected chi connectivity index (χ3v) is 5.77. The van der Waals surface area contributed by atoms with E-state index in [-0.39, 0.29) is 28.1 Å². The summed E-state index contributed by atoms with van der Waals surface area (Å²) < 4.78 is 34.3. The number of carbonyl (C=O) groups is 1. The van der Waals surface area contributed by atoms with E-state index in [0.29, 0.717) is 12.8 Å². The van der Waals surface area contributed by atoms with Gasteiger partial charge in [0, 0.05) is 39.5 Å². The van der Waals surface area contributed by atoms with E-state index >= 15 is 0 Å². The van der Waals surface area contributed by atoms with Gasteiger partial charge in [0.1, 0.15) is 4.90 Å². The number of amides is 1. The molecule has 1 aromatic heterocycles. The number of hydrogen-bond donors (Lipinski definition) is 2. The quantitative estimate of drug-likeness (QED) is 0.703. The molecule has 21 heavy (non-hydrogen) atoms. The van der Waals surface area contributed by atoms with Crippen LogP contribution in [0.15, 0.2) is 4.90 Å². The maximum absolute atomic E-state index is 12.0. The highest BCUT2D eigenvalue weighted by Crippen LogP contribution is 2.22. The Labute approximate surface area is 130 Å². The molecule has 2 N–H and O–H groups in total. The lowest BCUT2D eigenvalue weighted by molar-refractivity contribution is 0.0945. The smallest absolute Gasteiger partial charge is 0.273 e. The number of H-pyrrole nitrogens is 1. The molecular weight excluding hydrogens is 338 g/mol. The van der Waals surface area contributed by atoms with Crippen molar-refractivity contribution in [2.75, 3.05) is 12.8 Å². The van der Waals surface area contributed by atoms with Gasteiger partial charge >= 0.3 is 0 Å². The van der Waals surface area contributed by atoms with Crippen molar-refractivity contribution >= 4 is 36.4 Å². The molecule has 0 aliphatic heterocycles. The Kier molecular flexibility index (Phi) is 6.36. The minimum absolute atomic E-state index is 0.0630. The van der Waals surface area contributed by atoms with Crippen LogP contribution < -0.4 is 5.32 Å². The second-order valence-electron chi connectivity index (χ2n) is 4.53. The Morgan fingerprint density at radius 2 is 2.14 bits per heavy atom. The Morgan fingerprint density at radius 1 is 1.52 bits per heavy atom. The zero-order chi connectivity index (χ0) is 16.2. The van der Waals surface area contributed by atoms with Crippen LogP contribution in [0, 0.1) is 0 Å². The molecule has 0 fully saturated rings. The van der Waals surface area contributed by atoms with E-state index in [1.165, 1.54) is 0 Å². The molecule has 10 heteroatoms. The second kappa shape index (κ2) is 7.37. The van der Waals surface area contributed by atoms with Crippen molar-refractivity contribution in [3.05, 3.63) is 11.4 Å². The zero-order valence-corrected chi connectivity index (χ0v) is 14.4. The van der Waals surface area contributed by atoms with Gasteiger partial charge in [0.05, 0.1) is 5.69 Å². The minimum atomic E-state index is -4.06. The van der Waals surface area contributed by atoms with Crippen molar-refractivity contribution in [2.24, 2.45) is 0 Å². The average molecular weight is 356 g/mol. The molecule has 0 aromatic carbocycles. The number of hydrogen-bond acceptors (Lipinski definition) is 5. The van der Waals surface area contributed by atoms with Gasteiger partial charge in [-0.1, -0.05) is 13.8 Å². The second-order valence-corrected chi connectivity index (χ2v) is 8.83. The number of nitrogens with zero attached hydrogens (tertiary/aromatic N) is 1. The summed E-state index contributed by atoms with van der Waals surface area (Å²) in [6, 6.07) is 0.